The zero-order chi connectivity index (χ0) is 13.2. The van der Waals surface area contributed by atoms with Crippen molar-refractivity contribution < 1.29 is 22.0 Å². The minimum absolute atomic E-state index is 0.289. The first-order chi connectivity index (χ1) is 7.81. The molecule has 0 aliphatic heterocycles. The van der Waals surface area contributed by atoms with Gasteiger partial charge >= 0.3 is 6.18 Å². The lowest BCUT2D eigenvalue weighted by molar-refractivity contribution is -0.141. The van der Waals surface area contributed by atoms with Gasteiger partial charge in [-0.1, -0.05) is 0 Å². The fourth-order valence-electron chi connectivity index (χ4n) is 1.19. The van der Waals surface area contributed by atoms with Gasteiger partial charge in [-0.2, -0.15) is 18.4 Å². The Morgan fingerprint density at radius 1 is 1.41 bits per heavy atom. The minimum atomic E-state index is -4.81. The summed E-state index contributed by atoms with van der Waals surface area (Å²) in [7, 11) is 0. The first-order valence-electron chi connectivity index (χ1n) is 4.16. The van der Waals surface area contributed by atoms with Crippen molar-refractivity contribution in [3.8, 4) is 6.07 Å². The van der Waals surface area contributed by atoms with E-state index in [1.54, 1.807) is 0 Å². The number of nitriles is 1. The number of hydrogen-bond acceptors (Lipinski definition) is 2. The Hall–Kier alpha value is -1.42. The number of nitrogens with zero attached hydrogens (tertiary/aromatic N) is 2. The number of alkyl halides is 6. The van der Waals surface area contributed by atoms with E-state index in [-0.39, 0.29) is 6.07 Å². The zero-order valence-corrected chi connectivity index (χ0v) is 8.78. The van der Waals surface area contributed by atoms with E-state index in [4.69, 9.17) is 16.9 Å². The molecule has 0 amide bonds. The van der Waals surface area contributed by atoms with E-state index in [1.165, 1.54) is 6.07 Å². The highest BCUT2D eigenvalue weighted by atomic mass is 35.5. The maximum absolute atomic E-state index is 12.6. The topological polar surface area (TPSA) is 36.7 Å². The molecule has 0 aromatic carbocycles. The van der Waals surface area contributed by atoms with Crippen molar-refractivity contribution in [2.24, 2.45) is 0 Å². The molecule has 0 saturated heterocycles. The zero-order valence-electron chi connectivity index (χ0n) is 8.02. The summed E-state index contributed by atoms with van der Waals surface area (Å²) in [6, 6.07) is 1.57. The smallest absolute Gasteiger partial charge is 0.246 e. The summed E-state index contributed by atoms with van der Waals surface area (Å²) in [5.41, 5.74) is -3.66. The molecule has 0 atom stereocenters. The Labute approximate surface area is 97.6 Å². The molecular formula is C9H4ClF5N2. The van der Waals surface area contributed by atoms with Crippen LogP contribution in [0.1, 0.15) is 28.9 Å². The van der Waals surface area contributed by atoms with E-state index < -0.39 is 41.0 Å². The fraction of sp³-hybridized carbons (Fsp3) is 0.333. The van der Waals surface area contributed by atoms with Crippen LogP contribution < -0.4 is 0 Å². The molecule has 1 rings (SSSR count). The highest BCUT2D eigenvalue weighted by Gasteiger charge is 2.35. The molecule has 1 aromatic rings. The van der Waals surface area contributed by atoms with Gasteiger partial charge in [0.05, 0.1) is 28.8 Å². The number of aromatic nitrogens is 1. The molecular weight excluding hydrogens is 267 g/mol. The van der Waals surface area contributed by atoms with E-state index in [1.807, 2.05) is 0 Å². The van der Waals surface area contributed by atoms with Crippen LogP contribution in [0.4, 0.5) is 22.0 Å². The fourth-order valence-corrected chi connectivity index (χ4v) is 1.39. The van der Waals surface area contributed by atoms with Gasteiger partial charge < -0.3 is 0 Å². The van der Waals surface area contributed by atoms with Crippen molar-refractivity contribution in [1.82, 2.24) is 4.98 Å². The molecule has 0 fully saturated rings. The predicted octanol–water partition coefficient (Wildman–Crippen LogP) is 3.65. The van der Waals surface area contributed by atoms with Gasteiger partial charge in [0.2, 0.25) is 0 Å². The largest absolute Gasteiger partial charge is 0.433 e. The average Bonchev–Trinajstić information content (AvgIpc) is 2.25. The summed E-state index contributed by atoms with van der Waals surface area (Å²) in [6.45, 7) is 0. The van der Waals surface area contributed by atoms with Crippen LogP contribution in [0.5, 0.6) is 0 Å². The minimum Gasteiger partial charge on any atom is -0.246 e. The van der Waals surface area contributed by atoms with Gasteiger partial charge in [0.15, 0.2) is 0 Å². The molecule has 0 aliphatic rings. The van der Waals surface area contributed by atoms with Gasteiger partial charge in [-0.25, -0.2) is 13.8 Å². The van der Waals surface area contributed by atoms with Crippen LogP contribution in [-0.4, -0.2) is 4.98 Å². The van der Waals surface area contributed by atoms with Crippen molar-refractivity contribution in [2.75, 3.05) is 0 Å². The Balaban J connectivity index is 3.52. The first kappa shape index (κ1) is 13.6. The molecule has 0 aliphatic carbocycles. The SMILES string of the molecule is N#Cc1cc(C(F)(F)F)nc(CCl)c1C(F)F. The van der Waals surface area contributed by atoms with Crippen LogP contribution in [-0.2, 0) is 12.1 Å². The second-order valence-corrected chi connectivity index (χ2v) is 3.23. The van der Waals surface area contributed by atoms with Crippen LogP contribution in [0.2, 0.25) is 0 Å². The first-order valence-corrected chi connectivity index (χ1v) is 4.70. The standard InChI is InChI=1S/C9H4ClF5N2/c10-2-5-7(8(11)12)4(3-16)1-6(17-5)9(13,14)15/h1,8H,2H2. The average molecular weight is 271 g/mol. The van der Waals surface area contributed by atoms with E-state index in [9.17, 15) is 22.0 Å². The monoisotopic (exact) mass is 270 g/mol. The molecule has 92 valence electrons. The van der Waals surface area contributed by atoms with Crippen molar-refractivity contribution in [2.45, 2.75) is 18.5 Å². The summed E-state index contributed by atoms with van der Waals surface area (Å²) in [5, 5.41) is 8.56. The lowest BCUT2D eigenvalue weighted by Gasteiger charge is -2.12. The Kier molecular flexibility index (Phi) is 3.88. The maximum Gasteiger partial charge on any atom is 0.433 e. The van der Waals surface area contributed by atoms with Crippen LogP contribution >= 0.6 is 11.6 Å². The Bertz CT molecular complexity index is 464. The summed E-state index contributed by atoms with van der Waals surface area (Å²) in [6.07, 6.45) is -7.92. The van der Waals surface area contributed by atoms with Gasteiger partial charge in [0, 0.05) is 0 Å². The van der Waals surface area contributed by atoms with E-state index in [0.29, 0.717) is 0 Å². The summed E-state index contributed by atoms with van der Waals surface area (Å²) in [4.78, 5) is 3.00. The molecule has 0 bridgehead atoms. The van der Waals surface area contributed by atoms with Crippen LogP contribution in [0, 0.1) is 11.3 Å². The van der Waals surface area contributed by atoms with Gasteiger partial charge in [-0.15, -0.1) is 11.6 Å². The Morgan fingerprint density at radius 2 is 2.00 bits per heavy atom. The lowest BCUT2D eigenvalue weighted by Crippen LogP contribution is -2.12. The maximum atomic E-state index is 12.6. The number of pyridine rings is 1. The van der Waals surface area contributed by atoms with E-state index in [0.717, 1.165) is 0 Å². The third-order valence-corrected chi connectivity index (χ3v) is 2.15. The van der Waals surface area contributed by atoms with Crippen LogP contribution in [0.25, 0.3) is 0 Å². The number of halogens is 6. The van der Waals surface area contributed by atoms with Crippen LogP contribution in [0.3, 0.4) is 0 Å². The molecule has 1 heterocycles. The summed E-state index contributed by atoms with van der Waals surface area (Å²) >= 11 is 5.25. The quantitative estimate of drug-likeness (QED) is 0.607. The van der Waals surface area contributed by atoms with Gasteiger partial charge in [-0.3, -0.25) is 0 Å². The van der Waals surface area contributed by atoms with Gasteiger partial charge in [0.25, 0.3) is 6.43 Å². The number of hydrogen-bond donors (Lipinski definition) is 0. The third-order valence-electron chi connectivity index (χ3n) is 1.89. The molecule has 2 nitrogen and oxygen atoms in total. The molecule has 0 saturated carbocycles. The molecule has 0 spiro atoms. The van der Waals surface area contributed by atoms with E-state index in [2.05, 4.69) is 4.98 Å². The second-order valence-electron chi connectivity index (χ2n) is 2.96. The molecule has 1 aromatic heterocycles. The van der Waals surface area contributed by atoms with Crippen molar-refractivity contribution in [1.29, 1.82) is 5.26 Å². The van der Waals surface area contributed by atoms with Crippen molar-refractivity contribution in [3.05, 3.63) is 28.6 Å². The van der Waals surface area contributed by atoms with Crippen molar-refractivity contribution in [3.63, 3.8) is 0 Å². The Morgan fingerprint density at radius 3 is 2.35 bits per heavy atom. The van der Waals surface area contributed by atoms with Crippen molar-refractivity contribution >= 4 is 11.6 Å². The predicted molar refractivity (Wildman–Crippen MR) is 48.5 cm³/mol. The second kappa shape index (κ2) is 4.84. The molecule has 0 radical (unpaired) electrons. The highest BCUT2D eigenvalue weighted by Crippen LogP contribution is 2.33. The number of rotatable bonds is 2. The van der Waals surface area contributed by atoms with E-state index >= 15 is 0 Å². The molecule has 8 heteroatoms. The highest BCUT2D eigenvalue weighted by molar-refractivity contribution is 6.17. The molecule has 17 heavy (non-hydrogen) atoms. The van der Waals surface area contributed by atoms with Gasteiger partial charge in [0.1, 0.15) is 5.69 Å². The van der Waals surface area contributed by atoms with Crippen LogP contribution in [0.15, 0.2) is 6.07 Å². The summed E-state index contributed by atoms with van der Waals surface area (Å²) < 4.78 is 62.2. The summed E-state index contributed by atoms with van der Waals surface area (Å²) in [5.74, 6) is -0.627. The van der Waals surface area contributed by atoms with Gasteiger partial charge in [-0.05, 0) is 6.07 Å². The molecule has 0 unspecified atom stereocenters. The molecule has 0 N–H and O–H groups in total. The third kappa shape index (κ3) is 2.82. The lowest BCUT2D eigenvalue weighted by atomic mass is 10.1. The normalized spacial score (nSPS) is 11.6.